The minimum atomic E-state index is -1.67. The summed E-state index contributed by atoms with van der Waals surface area (Å²) in [5.41, 5.74) is 0.118. The van der Waals surface area contributed by atoms with Crippen LogP contribution >= 0.6 is 23.4 Å². The minimum Gasteiger partial charge on any atom is -0.481 e. The van der Waals surface area contributed by atoms with Crippen molar-refractivity contribution in [3.8, 4) is 0 Å². The van der Waals surface area contributed by atoms with Crippen LogP contribution < -0.4 is 20.9 Å². The minimum absolute atomic E-state index is 0.00908. The number of carboxylic acid groups (broad SMARTS) is 1. The lowest BCUT2D eigenvalue weighted by molar-refractivity contribution is -0.162. The highest BCUT2D eigenvalue weighted by Gasteiger charge is 2.64. The molecule has 438 valence electrons. The highest BCUT2D eigenvalue weighted by molar-refractivity contribution is 8.00. The highest BCUT2D eigenvalue weighted by atomic mass is 35.5. The Morgan fingerprint density at radius 2 is 1.73 bits per heavy atom. The van der Waals surface area contributed by atoms with Crippen LogP contribution in [0.4, 0.5) is 10.5 Å². The number of nitrogens with zero attached hydrogens (tertiary/aromatic N) is 2. The summed E-state index contributed by atoms with van der Waals surface area (Å²) in [7, 11) is 3.01. The van der Waals surface area contributed by atoms with Gasteiger partial charge in [0.1, 0.15) is 35.4 Å². The number of halogens is 1. The lowest BCUT2D eigenvalue weighted by Gasteiger charge is -2.41. The average Bonchev–Trinajstić information content (AvgIpc) is 4.23. The van der Waals surface area contributed by atoms with Crippen LogP contribution in [0.5, 0.6) is 0 Å². The number of aryl methyl sites for hydroxylation is 1. The zero-order chi connectivity index (χ0) is 58.5. The molecule has 0 aromatic heterocycles. The van der Waals surface area contributed by atoms with Gasteiger partial charge in [-0.3, -0.25) is 38.9 Å². The van der Waals surface area contributed by atoms with Crippen molar-refractivity contribution in [2.24, 2.45) is 23.7 Å². The molecule has 0 radical (unpaired) electrons. The first-order valence-corrected chi connectivity index (χ1v) is 29.3. The summed E-state index contributed by atoms with van der Waals surface area (Å²) in [4.78, 5) is 120. The van der Waals surface area contributed by atoms with Crippen LogP contribution in [0, 0.1) is 30.6 Å². The van der Waals surface area contributed by atoms with Gasteiger partial charge in [-0.15, -0.1) is 11.8 Å². The number of epoxide rings is 1. The van der Waals surface area contributed by atoms with Gasteiger partial charge in [-0.1, -0.05) is 75.1 Å². The molecule has 5 rings (SSSR count). The van der Waals surface area contributed by atoms with E-state index in [0.29, 0.717) is 62.2 Å². The molecule has 10 atom stereocenters. The van der Waals surface area contributed by atoms with E-state index in [1.165, 1.54) is 30.7 Å². The number of ketones is 2. The van der Waals surface area contributed by atoms with Gasteiger partial charge in [0.2, 0.25) is 23.6 Å². The topological polar surface area (TPSA) is 268 Å². The number of carbonyl (C=O) groups is 9. The second kappa shape index (κ2) is 28.9. The van der Waals surface area contributed by atoms with E-state index in [-0.39, 0.29) is 54.3 Å². The fourth-order valence-electron chi connectivity index (χ4n) is 10.8. The second-order valence-corrected chi connectivity index (χ2v) is 24.2. The van der Waals surface area contributed by atoms with Gasteiger partial charge >= 0.3 is 18.0 Å². The number of nitrogens with one attached hydrogen (secondary N) is 3. The molecule has 79 heavy (non-hydrogen) atoms. The Bertz CT molecular complexity index is 2480. The Balaban J connectivity index is 1.17. The van der Waals surface area contributed by atoms with Gasteiger partial charge in [-0.05, 0) is 103 Å². The van der Waals surface area contributed by atoms with E-state index >= 15 is 0 Å². The van der Waals surface area contributed by atoms with Gasteiger partial charge in [0.15, 0.2) is 5.78 Å². The number of carboxylic acids is 1. The zero-order valence-corrected chi connectivity index (χ0v) is 49.2. The third-order valence-corrected chi connectivity index (χ3v) is 18.1. The van der Waals surface area contributed by atoms with Crippen molar-refractivity contribution in [2.75, 3.05) is 31.3 Å². The van der Waals surface area contributed by atoms with Crippen molar-refractivity contribution in [1.82, 2.24) is 20.9 Å². The van der Waals surface area contributed by atoms with E-state index in [2.05, 4.69) is 16.0 Å². The average molecular weight is 1140 g/mol. The molecule has 1 aromatic rings. The molecule has 2 saturated heterocycles. The largest absolute Gasteiger partial charge is 0.481 e. The lowest BCUT2D eigenvalue weighted by atomic mass is 9.79. The van der Waals surface area contributed by atoms with E-state index in [1.54, 1.807) is 34.7 Å². The van der Waals surface area contributed by atoms with Crippen LogP contribution in [0.1, 0.15) is 149 Å². The van der Waals surface area contributed by atoms with E-state index in [1.807, 2.05) is 44.2 Å². The predicted octanol–water partition coefficient (Wildman–Crippen LogP) is 7.33. The molecule has 3 unspecified atom stereocenters. The number of alkyl carbamates (subject to hydrolysis) is 1. The standard InChI is InChI=1S/C58H84ClN5O14S/c1-11-48(67)61-42(38(7)65)18-13-12-14-19-44(66)41-22-20-39(21-23-41)32-60-54(72)46(29-51(70)71)79-25-24-49(68)63(9)37(6)55(73)77-47-30-50(69)64(10)43-28-40(27-34(3)52(43)59)26-33(2)16-15-17-35(4)58(75)31-45(76-56(74)62-58)36(5)53-57(47,8)78-53/h15-17,27-28,35-37,39,41-42,45-47,53,75H,11-14,18-26,29-32H2,1-10H3,(H,60,72)(H,61,67)(H,62,74)(H,70,71)/b17-15+,33-16+/t35-,36-,37+,39?,41?,42?,45?,46?,47+,53+,57+,58+/m1/s1. The second-order valence-electron chi connectivity index (χ2n) is 22.5. The van der Waals surface area contributed by atoms with Crippen molar-refractivity contribution in [3.63, 3.8) is 0 Å². The number of esters is 1. The number of aliphatic carboxylic acids is 1. The zero-order valence-electron chi connectivity index (χ0n) is 47.7. The van der Waals surface area contributed by atoms with Crippen LogP contribution in [0.3, 0.4) is 0 Å². The molecule has 3 aliphatic heterocycles. The molecule has 1 aliphatic carbocycles. The van der Waals surface area contributed by atoms with E-state index in [0.717, 1.165) is 54.1 Å². The molecular formula is C58H84ClN5O14S. The van der Waals surface area contributed by atoms with Crippen molar-refractivity contribution in [2.45, 2.75) is 199 Å². The summed E-state index contributed by atoms with van der Waals surface area (Å²) < 4.78 is 18.2. The van der Waals surface area contributed by atoms with Crippen molar-refractivity contribution < 1.29 is 67.6 Å². The third-order valence-electron chi connectivity index (χ3n) is 16.4. The van der Waals surface area contributed by atoms with Crippen molar-refractivity contribution >= 4 is 82.3 Å². The Kier molecular flexibility index (Phi) is 23.6. The van der Waals surface area contributed by atoms with Crippen molar-refractivity contribution in [1.29, 1.82) is 0 Å². The number of unbranched alkanes of at least 4 members (excludes halogenated alkanes) is 2. The molecule has 4 aliphatic rings. The molecular weight excluding hydrogens is 1060 g/mol. The van der Waals surface area contributed by atoms with Gasteiger partial charge in [0.25, 0.3) is 0 Å². The maximum absolute atomic E-state index is 14.3. The number of Topliss-reactive ketones (excluding diaryl/α,β-unsaturated/α-hetero) is 2. The molecule has 3 fully saturated rings. The van der Waals surface area contributed by atoms with Gasteiger partial charge in [0.05, 0.1) is 40.9 Å². The van der Waals surface area contributed by atoms with Gasteiger partial charge in [-0.25, -0.2) is 9.59 Å². The van der Waals surface area contributed by atoms with Crippen LogP contribution in [0.25, 0.3) is 0 Å². The predicted molar refractivity (Wildman–Crippen MR) is 300 cm³/mol. The number of carbonyl (C=O) groups excluding carboxylic acids is 8. The molecule has 5 amide bonds. The van der Waals surface area contributed by atoms with Crippen molar-refractivity contribution in [3.05, 3.63) is 52.1 Å². The number of anilines is 1. The summed E-state index contributed by atoms with van der Waals surface area (Å²) in [5, 5.41) is 29.1. The Morgan fingerprint density at radius 3 is 2.39 bits per heavy atom. The number of hydrogen-bond donors (Lipinski definition) is 5. The highest BCUT2D eigenvalue weighted by Crippen LogP contribution is 2.49. The number of allylic oxidation sites excluding steroid dienone is 3. The quantitative estimate of drug-likeness (QED) is 0.0432. The fourth-order valence-corrected chi connectivity index (χ4v) is 12.1. The van der Waals surface area contributed by atoms with Gasteiger partial charge < -0.3 is 44.9 Å². The number of rotatable bonds is 22. The number of likely N-dealkylation sites (N-methyl/N-ethyl adjacent to an activating group) is 1. The lowest BCUT2D eigenvalue weighted by Crippen LogP contribution is -2.60. The number of ether oxygens (including phenoxy) is 3. The van der Waals surface area contributed by atoms with E-state index in [9.17, 15) is 53.4 Å². The van der Waals surface area contributed by atoms with E-state index < -0.39 is 101 Å². The molecule has 21 heteroatoms. The summed E-state index contributed by atoms with van der Waals surface area (Å²) in [6.45, 7) is 14.1. The number of hydrogen-bond acceptors (Lipinski definition) is 14. The molecule has 4 bridgehead atoms. The summed E-state index contributed by atoms with van der Waals surface area (Å²) in [6, 6.07) is 2.11. The number of amides is 5. The number of benzene rings is 1. The third kappa shape index (κ3) is 17.8. The number of thioether (sulfide) groups is 1. The molecule has 3 heterocycles. The Labute approximate surface area is 474 Å². The molecule has 5 N–H and O–H groups in total. The number of fused-ring (bicyclic) bond motifs is 5. The first kappa shape index (κ1) is 64.5. The van der Waals surface area contributed by atoms with Crippen LogP contribution in [-0.4, -0.2) is 142 Å². The van der Waals surface area contributed by atoms with Gasteiger partial charge in [-0.2, -0.15) is 0 Å². The summed E-state index contributed by atoms with van der Waals surface area (Å²) >= 11 is 7.86. The maximum atomic E-state index is 14.3. The van der Waals surface area contributed by atoms with Crippen LogP contribution in [0.2, 0.25) is 5.02 Å². The SMILES string of the molecule is CCC(=O)NC(CCCCCC(=O)C1CCC(CNC(=O)C(CC(=O)O)SCCC(=O)N(C)[C@@H](C)C(=O)O[C@H]2CC(=O)N(C)c3cc(cc(C)c3Cl)C/C(C)=C/C=C/[C@@H](C)[C@@]3(O)CC(OC(=O)N3)[C@@H](C)[C@@H]3O[C@@]23C)CC1)C(C)=O. The van der Waals surface area contributed by atoms with Gasteiger partial charge in [0, 0.05) is 69.8 Å². The molecule has 19 nitrogen and oxygen atoms in total. The maximum Gasteiger partial charge on any atom is 0.409 e. The Hall–Kier alpha value is -5.31. The first-order chi connectivity index (χ1) is 37.2. The molecule has 1 aromatic carbocycles. The molecule has 1 saturated carbocycles. The van der Waals surface area contributed by atoms with Crippen LogP contribution in [0.15, 0.2) is 35.9 Å². The fraction of sp³-hybridized carbons (Fsp3) is 0.672. The smallest absolute Gasteiger partial charge is 0.409 e. The Morgan fingerprint density at radius 1 is 1.04 bits per heavy atom. The monoisotopic (exact) mass is 1140 g/mol. The number of aliphatic hydroxyl groups is 1. The summed E-state index contributed by atoms with van der Waals surface area (Å²) in [6.07, 6.45) is 7.87. The normalized spacial score (nSPS) is 28.4. The van der Waals surface area contributed by atoms with Crippen LogP contribution in [-0.2, 0) is 59.0 Å². The summed E-state index contributed by atoms with van der Waals surface area (Å²) in [5.74, 6) is -4.43. The van der Waals surface area contributed by atoms with E-state index in [4.69, 9.17) is 25.8 Å². The molecule has 0 spiro atoms. The first-order valence-electron chi connectivity index (χ1n) is 27.9.